The summed E-state index contributed by atoms with van der Waals surface area (Å²) in [5.41, 5.74) is 0. The molecule has 2 aliphatic heterocycles. The monoisotopic (exact) mass is 268 g/mol. The molecule has 0 spiro atoms. The molecule has 0 radical (unpaired) electrons. The number of carbonyl (C=O) groups is 1. The van der Waals surface area contributed by atoms with Crippen molar-refractivity contribution in [1.82, 2.24) is 9.80 Å². The largest absolute Gasteiger partial charge is 0.393 e. The Kier molecular flexibility index (Phi) is 5.64. The van der Waals surface area contributed by atoms with Crippen molar-refractivity contribution < 1.29 is 9.90 Å². The number of aliphatic hydroxyl groups is 1. The Labute approximate surface area is 116 Å². The van der Waals surface area contributed by atoms with E-state index in [-0.39, 0.29) is 12.0 Å². The Bertz CT molecular complexity index is 288. The smallest absolute Gasteiger partial charge is 0.236 e. The molecule has 0 aromatic carbocycles. The van der Waals surface area contributed by atoms with Crippen molar-refractivity contribution >= 4 is 5.91 Å². The number of likely N-dealkylation sites (tertiary alicyclic amines) is 2. The van der Waals surface area contributed by atoms with Crippen LogP contribution in [0, 0.1) is 5.92 Å². The minimum absolute atomic E-state index is 0.172. The summed E-state index contributed by atoms with van der Waals surface area (Å²) in [4.78, 5) is 16.6. The quantitative estimate of drug-likeness (QED) is 0.843. The van der Waals surface area contributed by atoms with E-state index in [1.54, 1.807) is 0 Å². The standard InChI is InChI=1S/C15H28N2O2/c1-2-13-11-16(10-7-14(13)18)12-15(19)17-8-5-3-4-6-9-17/h13-14,18H,2-12H2,1H3. The second-order valence-corrected chi connectivity index (χ2v) is 6.05. The molecule has 2 heterocycles. The maximum Gasteiger partial charge on any atom is 0.236 e. The maximum absolute atomic E-state index is 12.3. The molecule has 1 N–H and O–H groups in total. The number of hydrogen-bond acceptors (Lipinski definition) is 3. The van der Waals surface area contributed by atoms with E-state index in [4.69, 9.17) is 0 Å². The second-order valence-electron chi connectivity index (χ2n) is 6.05. The zero-order valence-corrected chi connectivity index (χ0v) is 12.2. The molecule has 19 heavy (non-hydrogen) atoms. The van der Waals surface area contributed by atoms with Crippen molar-refractivity contribution in [2.45, 2.75) is 51.6 Å². The Balaban J connectivity index is 1.81. The van der Waals surface area contributed by atoms with Crippen LogP contribution in [-0.2, 0) is 4.79 Å². The molecule has 0 aromatic rings. The Morgan fingerprint density at radius 1 is 1.16 bits per heavy atom. The first-order valence-electron chi connectivity index (χ1n) is 7.89. The van der Waals surface area contributed by atoms with Crippen LogP contribution in [-0.4, -0.2) is 59.6 Å². The molecule has 0 aromatic heterocycles. The summed E-state index contributed by atoms with van der Waals surface area (Å²) >= 11 is 0. The Morgan fingerprint density at radius 2 is 1.84 bits per heavy atom. The molecule has 2 unspecified atom stereocenters. The molecule has 4 heteroatoms. The van der Waals surface area contributed by atoms with Crippen LogP contribution in [0.5, 0.6) is 0 Å². The molecule has 0 aliphatic carbocycles. The number of rotatable bonds is 3. The third-order valence-electron chi connectivity index (χ3n) is 4.62. The Morgan fingerprint density at radius 3 is 2.47 bits per heavy atom. The van der Waals surface area contributed by atoms with E-state index in [9.17, 15) is 9.90 Å². The molecule has 2 atom stereocenters. The molecule has 2 rings (SSSR count). The fraction of sp³-hybridized carbons (Fsp3) is 0.933. The van der Waals surface area contributed by atoms with Crippen molar-refractivity contribution in [3.63, 3.8) is 0 Å². The number of amides is 1. The fourth-order valence-corrected chi connectivity index (χ4v) is 3.25. The van der Waals surface area contributed by atoms with Gasteiger partial charge in [-0.05, 0) is 31.6 Å². The maximum atomic E-state index is 12.3. The number of piperidine rings is 1. The zero-order valence-electron chi connectivity index (χ0n) is 12.2. The van der Waals surface area contributed by atoms with Crippen LogP contribution in [0.1, 0.15) is 45.4 Å². The van der Waals surface area contributed by atoms with Crippen molar-refractivity contribution in [3.05, 3.63) is 0 Å². The molecule has 0 saturated carbocycles. The van der Waals surface area contributed by atoms with E-state index < -0.39 is 0 Å². The summed E-state index contributed by atoms with van der Waals surface area (Å²) in [5, 5.41) is 9.88. The van der Waals surface area contributed by atoms with Gasteiger partial charge in [0.25, 0.3) is 0 Å². The van der Waals surface area contributed by atoms with Gasteiger partial charge in [0.2, 0.25) is 5.91 Å². The third kappa shape index (κ3) is 4.18. The van der Waals surface area contributed by atoms with Gasteiger partial charge in [-0.15, -0.1) is 0 Å². The van der Waals surface area contributed by atoms with E-state index in [0.717, 1.165) is 51.9 Å². The van der Waals surface area contributed by atoms with Crippen LogP contribution in [0.4, 0.5) is 0 Å². The van der Waals surface area contributed by atoms with E-state index in [1.807, 2.05) is 4.90 Å². The minimum atomic E-state index is -0.172. The van der Waals surface area contributed by atoms with Gasteiger partial charge in [-0.25, -0.2) is 0 Å². The van der Waals surface area contributed by atoms with Crippen molar-refractivity contribution in [2.24, 2.45) is 5.92 Å². The van der Waals surface area contributed by atoms with Crippen LogP contribution >= 0.6 is 0 Å². The van der Waals surface area contributed by atoms with Crippen LogP contribution in [0.15, 0.2) is 0 Å². The SMILES string of the molecule is CCC1CN(CC(=O)N2CCCCCC2)CCC1O. The highest BCUT2D eigenvalue weighted by molar-refractivity contribution is 5.78. The molecule has 2 fully saturated rings. The van der Waals surface area contributed by atoms with Crippen LogP contribution in [0.2, 0.25) is 0 Å². The number of nitrogens with zero attached hydrogens (tertiary/aromatic N) is 2. The molecular weight excluding hydrogens is 240 g/mol. The highest BCUT2D eigenvalue weighted by atomic mass is 16.3. The van der Waals surface area contributed by atoms with Crippen molar-refractivity contribution in [2.75, 3.05) is 32.7 Å². The van der Waals surface area contributed by atoms with Gasteiger partial charge in [-0.1, -0.05) is 19.8 Å². The number of aliphatic hydroxyl groups excluding tert-OH is 1. The van der Waals surface area contributed by atoms with Gasteiger partial charge in [-0.2, -0.15) is 0 Å². The average Bonchev–Trinajstić information content (AvgIpc) is 2.70. The molecule has 1 amide bonds. The zero-order chi connectivity index (χ0) is 13.7. The number of carbonyl (C=O) groups excluding carboxylic acids is 1. The van der Waals surface area contributed by atoms with E-state index in [2.05, 4.69) is 11.8 Å². The highest BCUT2D eigenvalue weighted by Gasteiger charge is 2.28. The topological polar surface area (TPSA) is 43.8 Å². The van der Waals surface area contributed by atoms with Crippen LogP contribution in [0.25, 0.3) is 0 Å². The third-order valence-corrected chi connectivity index (χ3v) is 4.62. The van der Waals surface area contributed by atoms with E-state index in [1.165, 1.54) is 12.8 Å². The van der Waals surface area contributed by atoms with Gasteiger partial charge >= 0.3 is 0 Å². The van der Waals surface area contributed by atoms with Crippen molar-refractivity contribution in [1.29, 1.82) is 0 Å². The molecule has 2 aliphatic rings. The average molecular weight is 268 g/mol. The normalized spacial score (nSPS) is 30.1. The summed E-state index contributed by atoms with van der Waals surface area (Å²) in [5.74, 6) is 0.624. The lowest BCUT2D eigenvalue weighted by atomic mass is 9.92. The van der Waals surface area contributed by atoms with Gasteiger partial charge in [0.05, 0.1) is 12.6 Å². The lowest BCUT2D eigenvalue weighted by Crippen LogP contribution is -2.48. The summed E-state index contributed by atoms with van der Waals surface area (Å²) in [6.07, 6.45) is 6.47. The first-order valence-corrected chi connectivity index (χ1v) is 7.89. The second kappa shape index (κ2) is 7.25. The molecule has 4 nitrogen and oxygen atoms in total. The van der Waals surface area contributed by atoms with Crippen LogP contribution < -0.4 is 0 Å². The van der Waals surface area contributed by atoms with Crippen LogP contribution in [0.3, 0.4) is 0 Å². The predicted octanol–water partition coefficient (Wildman–Crippen LogP) is 1.48. The predicted molar refractivity (Wildman–Crippen MR) is 75.9 cm³/mol. The first kappa shape index (κ1) is 14.8. The summed E-state index contributed by atoms with van der Waals surface area (Å²) in [7, 11) is 0. The molecule has 0 bridgehead atoms. The first-order chi connectivity index (χ1) is 9.20. The Hall–Kier alpha value is -0.610. The van der Waals surface area contributed by atoms with Gasteiger partial charge in [0.15, 0.2) is 0 Å². The van der Waals surface area contributed by atoms with E-state index in [0.29, 0.717) is 12.5 Å². The summed E-state index contributed by atoms with van der Waals surface area (Å²) < 4.78 is 0. The lowest BCUT2D eigenvalue weighted by molar-refractivity contribution is -0.133. The molecule has 2 saturated heterocycles. The van der Waals surface area contributed by atoms with Crippen molar-refractivity contribution in [3.8, 4) is 0 Å². The lowest BCUT2D eigenvalue weighted by Gasteiger charge is -2.36. The van der Waals surface area contributed by atoms with Gasteiger partial charge in [-0.3, -0.25) is 9.69 Å². The van der Waals surface area contributed by atoms with Gasteiger partial charge in [0.1, 0.15) is 0 Å². The summed E-state index contributed by atoms with van der Waals surface area (Å²) in [6.45, 7) is 6.27. The molecule has 110 valence electrons. The van der Waals surface area contributed by atoms with Gasteiger partial charge < -0.3 is 10.0 Å². The molecular formula is C15H28N2O2. The highest BCUT2D eigenvalue weighted by Crippen LogP contribution is 2.20. The van der Waals surface area contributed by atoms with E-state index >= 15 is 0 Å². The van der Waals surface area contributed by atoms with Gasteiger partial charge in [0, 0.05) is 26.2 Å². The number of hydrogen-bond donors (Lipinski definition) is 1. The minimum Gasteiger partial charge on any atom is -0.393 e. The summed E-state index contributed by atoms with van der Waals surface area (Å²) in [6, 6.07) is 0. The fourth-order valence-electron chi connectivity index (χ4n) is 3.25.